The van der Waals surface area contributed by atoms with Crippen LogP contribution >= 0.6 is 0 Å². The van der Waals surface area contributed by atoms with Gasteiger partial charge in [0.2, 0.25) is 0 Å². The number of pyridine rings is 1. The van der Waals surface area contributed by atoms with Crippen LogP contribution in [0.1, 0.15) is 0 Å². The van der Waals surface area contributed by atoms with E-state index in [1.54, 1.807) is 0 Å². The van der Waals surface area contributed by atoms with Crippen LogP contribution in [0.4, 0.5) is 5.69 Å². The minimum Gasteiger partial charge on any atom is -0.399 e. The Balaban J connectivity index is 1.69. The Bertz CT molecular complexity index is 1710. The third-order valence-electron chi connectivity index (χ3n) is 6.93. The zero-order chi connectivity index (χ0) is 23.4. The van der Waals surface area contributed by atoms with Gasteiger partial charge in [0.05, 0.1) is 11.4 Å². The highest BCUT2D eigenvalue weighted by Gasteiger charge is 2.31. The molecule has 2 nitrogen and oxygen atoms in total. The van der Waals surface area contributed by atoms with Crippen molar-refractivity contribution in [3.05, 3.63) is 121 Å². The van der Waals surface area contributed by atoms with Gasteiger partial charge in [-0.2, -0.15) is 0 Å². The minimum atomic E-state index is 0.747. The molecule has 1 heterocycles. The van der Waals surface area contributed by atoms with E-state index in [-0.39, 0.29) is 0 Å². The molecule has 0 spiro atoms. The molecule has 2 N–H and O–H groups in total. The van der Waals surface area contributed by atoms with Gasteiger partial charge in [-0.25, -0.2) is 4.98 Å². The number of fused-ring (bicyclic) bond motifs is 3. The number of nitrogens with zero attached hydrogens (tertiary/aromatic N) is 1. The van der Waals surface area contributed by atoms with Crippen LogP contribution < -0.4 is 5.73 Å². The van der Waals surface area contributed by atoms with Gasteiger partial charge in [-0.3, -0.25) is 0 Å². The molecule has 1 aliphatic rings. The lowest BCUT2D eigenvalue weighted by Crippen LogP contribution is -1.98. The van der Waals surface area contributed by atoms with Gasteiger partial charge in [-0.15, -0.1) is 0 Å². The van der Waals surface area contributed by atoms with Gasteiger partial charge < -0.3 is 5.73 Å². The maximum absolute atomic E-state index is 6.05. The predicted octanol–water partition coefficient (Wildman–Crippen LogP) is 8.47. The van der Waals surface area contributed by atoms with Crippen molar-refractivity contribution >= 4 is 16.5 Å². The summed E-state index contributed by atoms with van der Waals surface area (Å²) < 4.78 is 0. The summed E-state index contributed by atoms with van der Waals surface area (Å²) >= 11 is 0. The molecule has 0 atom stereocenters. The Kier molecular flexibility index (Phi) is 4.33. The lowest BCUT2D eigenvalue weighted by atomic mass is 9.88. The Morgan fingerprint density at radius 3 is 1.63 bits per heavy atom. The molecule has 0 saturated heterocycles. The Labute approximate surface area is 204 Å². The van der Waals surface area contributed by atoms with E-state index in [0.29, 0.717) is 0 Å². The van der Waals surface area contributed by atoms with Gasteiger partial charge in [-0.1, -0.05) is 109 Å². The molecule has 35 heavy (non-hydrogen) atoms. The predicted molar refractivity (Wildman–Crippen MR) is 147 cm³/mol. The Morgan fingerprint density at radius 2 is 0.971 bits per heavy atom. The molecular formula is C33H22N2. The fourth-order valence-corrected chi connectivity index (χ4v) is 5.42. The van der Waals surface area contributed by atoms with Crippen LogP contribution in [-0.2, 0) is 0 Å². The molecule has 0 aliphatic heterocycles. The summed E-state index contributed by atoms with van der Waals surface area (Å²) in [6.45, 7) is 0. The average molecular weight is 447 g/mol. The topological polar surface area (TPSA) is 38.9 Å². The fraction of sp³-hybridized carbons (Fsp3) is 0. The first-order chi connectivity index (χ1) is 17.3. The highest BCUT2D eigenvalue weighted by atomic mass is 14.7. The molecule has 0 fully saturated rings. The quantitative estimate of drug-likeness (QED) is 0.276. The highest BCUT2D eigenvalue weighted by molar-refractivity contribution is 6.21. The summed E-state index contributed by atoms with van der Waals surface area (Å²) in [4.78, 5) is 5.42. The molecule has 0 unspecified atom stereocenters. The highest BCUT2D eigenvalue weighted by Crippen LogP contribution is 2.55. The summed E-state index contributed by atoms with van der Waals surface area (Å²) in [7, 11) is 0. The number of benzene rings is 5. The second-order valence-electron chi connectivity index (χ2n) is 9.00. The third-order valence-corrected chi connectivity index (χ3v) is 6.93. The van der Waals surface area contributed by atoms with Crippen LogP contribution in [-0.4, -0.2) is 4.98 Å². The second-order valence-corrected chi connectivity index (χ2v) is 9.00. The van der Waals surface area contributed by atoms with Crippen molar-refractivity contribution in [1.29, 1.82) is 0 Å². The molecule has 1 aliphatic carbocycles. The van der Waals surface area contributed by atoms with E-state index in [4.69, 9.17) is 10.7 Å². The first-order valence-corrected chi connectivity index (χ1v) is 11.9. The first kappa shape index (κ1) is 19.7. The van der Waals surface area contributed by atoms with Crippen LogP contribution in [0.5, 0.6) is 0 Å². The van der Waals surface area contributed by atoms with Crippen molar-refractivity contribution in [2.75, 3.05) is 5.73 Å². The summed E-state index contributed by atoms with van der Waals surface area (Å²) in [5.74, 6) is 0. The van der Waals surface area contributed by atoms with E-state index < -0.39 is 0 Å². The van der Waals surface area contributed by atoms with Gasteiger partial charge in [0.15, 0.2) is 0 Å². The maximum atomic E-state index is 6.05. The normalized spacial score (nSPS) is 11.5. The van der Waals surface area contributed by atoms with Gasteiger partial charge >= 0.3 is 0 Å². The van der Waals surface area contributed by atoms with Crippen molar-refractivity contribution < 1.29 is 0 Å². The zero-order valence-corrected chi connectivity index (χ0v) is 19.1. The van der Waals surface area contributed by atoms with E-state index in [2.05, 4.69) is 109 Å². The molecule has 0 amide bonds. The van der Waals surface area contributed by atoms with E-state index >= 15 is 0 Å². The average Bonchev–Trinajstić information content (AvgIpc) is 3.26. The van der Waals surface area contributed by atoms with Crippen LogP contribution in [0, 0.1) is 0 Å². The first-order valence-electron chi connectivity index (χ1n) is 11.9. The molecule has 164 valence electrons. The lowest BCUT2D eigenvalue weighted by Gasteiger charge is -2.19. The van der Waals surface area contributed by atoms with Crippen LogP contribution in [0.25, 0.3) is 66.7 Å². The maximum Gasteiger partial charge on any atom is 0.0794 e. The summed E-state index contributed by atoms with van der Waals surface area (Å²) in [5.41, 5.74) is 18.3. The van der Waals surface area contributed by atoms with Crippen molar-refractivity contribution in [2.45, 2.75) is 0 Å². The van der Waals surface area contributed by atoms with Gasteiger partial charge in [0.1, 0.15) is 0 Å². The molecule has 1 aromatic heterocycles. The minimum absolute atomic E-state index is 0.747. The number of nitrogen functional groups attached to an aromatic ring is 1. The number of hydrogen-bond donors (Lipinski definition) is 1. The van der Waals surface area contributed by atoms with Crippen LogP contribution in [0.3, 0.4) is 0 Å². The molecule has 0 saturated carbocycles. The zero-order valence-electron chi connectivity index (χ0n) is 19.1. The molecule has 0 bridgehead atoms. The third kappa shape index (κ3) is 3.00. The van der Waals surface area contributed by atoms with Crippen molar-refractivity contribution in [1.82, 2.24) is 4.98 Å². The van der Waals surface area contributed by atoms with Crippen LogP contribution in [0.2, 0.25) is 0 Å². The van der Waals surface area contributed by atoms with Gasteiger partial charge in [0.25, 0.3) is 0 Å². The Morgan fingerprint density at radius 1 is 0.429 bits per heavy atom. The molecule has 5 aromatic carbocycles. The molecular weight excluding hydrogens is 424 g/mol. The largest absolute Gasteiger partial charge is 0.399 e. The van der Waals surface area contributed by atoms with Crippen molar-refractivity contribution in [3.63, 3.8) is 0 Å². The molecule has 7 rings (SSSR count). The number of rotatable bonds is 3. The Hall–Kier alpha value is -4.69. The van der Waals surface area contributed by atoms with Crippen molar-refractivity contribution in [2.24, 2.45) is 0 Å². The number of hydrogen-bond acceptors (Lipinski definition) is 2. The SMILES string of the molecule is Nc1ccc(-c2nc(-c3ccccc3)c3c(c2-c2ccccc2)-c2cccc4cccc-3c24)cc1. The molecule has 0 radical (unpaired) electrons. The summed E-state index contributed by atoms with van der Waals surface area (Å²) in [6.07, 6.45) is 0. The smallest absolute Gasteiger partial charge is 0.0794 e. The van der Waals surface area contributed by atoms with Crippen LogP contribution in [0.15, 0.2) is 121 Å². The van der Waals surface area contributed by atoms with Gasteiger partial charge in [0, 0.05) is 33.5 Å². The van der Waals surface area contributed by atoms with E-state index in [1.807, 2.05) is 12.1 Å². The monoisotopic (exact) mass is 446 g/mol. The van der Waals surface area contributed by atoms with E-state index in [1.165, 1.54) is 33.0 Å². The summed E-state index contributed by atoms with van der Waals surface area (Å²) in [5, 5.41) is 2.55. The fourth-order valence-electron chi connectivity index (χ4n) is 5.42. The molecule has 6 aromatic rings. The van der Waals surface area contributed by atoms with Gasteiger partial charge in [-0.05, 0) is 39.6 Å². The standard InChI is InChI=1S/C33H22N2/c34-25-19-17-24(18-20-25)32-29(22-9-3-1-4-10-22)30-26-15-7-13-21-14-8-16-27(28(21)26)31(30)33(35-32)23-11-5-2-6-12-23/h1-20H,34H2. The number of anilines is 1. The second kappa shape index (κ2) is 7.68. The summed E-state index contributed by atoms with van der Waals surface area (Å²) in [6, 6.07) is 42.4. The van der Waals surface area contributed by atoms with E-state index in [9.17, 15) is 0 Å². The number of aromatic nitrogens is 1. The van der Waals surface area contributed by atoms with E-state index in [0.717, 1.165) is 39.3 Å². The molecule has 2 heteroatoms. The van der Waals surface area contributed by atoms with Crippen molar-refractivity contribution in [3.8, 4) is 55.9 Å². The number of nitrogens with two attached hydrogens (primary N) is 1. The lowest BCUT2D eigenvalue weighted by molar-refractivity contribution is 1.33.